The van der Waals surface area contributed by atoms with Crippen LogP contribution >= 0.6 is 0 Å². The Labute approximate surface area is 170 Å². The van der Waals surface area contributed by atoms with E-state index in [9.17, 15) is 13.8 Å². The normalized spacial score (nSPS) is 11.6. The quantitative estimate of drug-likeness (QED) is 0.601. The lowest BCUT2D eigenvalue weighted by Crippen LogP contribution is -2.23. The Kier molecular flexibility index (Phi) is 6.40. The number of amides is 1. The van der Waals surface area contributed by atoms with E-state index in [0.29, 0.717) is 5.69 Å². The molecule has 0 aliphatic rings. The Balaban J connectivity index is 1.96. The zero-order chi connectivity index (χ0) is 20.8. The van der Waals surface area contributed by atoms with Crippen LogP contribution in [0.4, 0.5) is 16.3 Å². The first kappa shape index (κ1) is 20.3. The SMILES string of the molecule is CCOC(=O)c1c(S(=O)Cc2ccccc2)nn(C(=O)Nc2ccccc2)c1N. The average molecular weight is 412 g/mol. The van der Waals surface area contributed by atoms with Gasteiger partial charge in [0.05, 0.1) is 23.2 Å². The van der Waals surface area contributed by atoms with Crippen molar-refractivity contribution in [2.45, 2.75) is 17.7 Å². The number of rotatable bonds is 6. The first-order chi connectivity index (χ1) is 14.0. The van der Waals surface area contributed by atoms with E-state index in [4.69, 9.17) is 10.5 Å². The smallest absolute Gasteiger partial charge is 0.348 e. The second kappa shape index (κ2) is 9.16. The molecule has 0 saturated heterocycles. The zero-order valence-electron chi connectivity index (χ0n) is 15.7. The maximum Gasteiger partial charge on any atom is 0.348 e. The number of carbonyl (C=O) groups is 2. The summed E-state index contributed by atoms with van der Waals surface area (Å²) in [5.74, 6) is -0.891. The Hall–Kier alpha value is -3.46. The Morgan fingerprint density at radius 2 is 1.72 bits per heavy atom. The molecule has 3 N–H and O–H groups in total. The van der Waals surface area contributed by atoms with Crippen LogP contribution in [0.15, 0.2) is 65.7 Å². The van der Waals surface area contributed by atoms with Gasteiger partial charge in [0.2, 0.25) is 0 Å². The Morgan fingerprint density at radius 3 is 2.34 bits per heavy atom. The predicted molar refractivity (Wildman–Crippen MR) is 110 cm³/mol. The van der Waals surface area contributed by atoms with E-state index in [1.165, 1.54) is 0 Å². The molecule has 1 aromatic heterocycles. The molecule has 0 aliphatic heterocycles. The van der Waals surface area contributed by atoms with Gasteiger partial charge >= 0.3 is 12.0 Å². The number of nitrogen functional groups attached to an aromatic ring is 1. The van der Waals surface area contributed by atoms with Crippen LogP contribution in [0, 0.1) is 0 Å². The number of para-hydroxylation sites is 1. The lowest BCUT2D eigenvalue weighted by Gasteiger charge is -2.06. The molecular weight excluding hydrogens is 392 g/mol. The molecule has 1 heterocycles. The average Bonchev–Trinajstić information content (AvgIpc) is 3.07. The first-order valence-electron chi connectivity index (χ1n) is 8.85. The van der Waals surface area contributed by atoms with Gasteiger partial charge in [-0.1, -0.05) is 48.5 Å². The van der Waals surface area contributed by atoms with E-state index in [1.54, 1.807) is 31.2 Å². The number of nitrogens with zero attached hydrogens (tertiary/aromatic N) is 2. The van der Waals surface area contributed by atoms with Gasteiger partial charge < -0.3 is 15.8 Å². The lowest BCUT2D eigenvalue weighted by molar-refractivity contribution is 0.0523. The van der Waals surface area contributed by atoms with Gasteiger partial charge in [-0.2, -0.15) is 9.78 Å². The molecular formula is C20H20N4O4S. The van der Waals surface area contributed by atoms with Crippen molar-refractivity contribution in [3.05, 3.63) is 71.8 Å². The summed E-state index contributed by atoms with van der Waals surface area (Å²) >= 11 is 0. The standard InChI is InChI=1S/C20H20N4O4S/c1-2-28-19(25)16-17(21)24(20(26)22-15-11-7-4-8-12-15)23-18(16)29(27)13-14-9-5-3-6-10-14/h3-12H,2,13,21H2,1H3,(H,22,26). The van der Waals surface area contributed by atoms with Gasteiger partial charge in [-0.25, -0.2) is 9.59 Å². The predicted octanol–water partition coefficient (Wildman–Crippen LogP) is 3.03. The fraction of sp³-hybridized carbons (Fsp3) is 0.150. The van der Waals surface area contributed by atoms with Gasteiger partial charge in [0.15, 0.2) is 5.03 Å². The monoisotopic (exact) mass is 412 g/mol. The number of esters is 1. The number of hydrogen-bond acceptors (Lipinski definition) is 6. The van der Waals surface area contributed by atoms with Crippen molar-refractivity contribution in [2.24, 2.45) is 0 Å². The summed E-state index contributed by atoms with van der Waals surface area (Å²) in [7, 11) is -1.72. The second-order valence-corrected chi connectivity index (χ2v) is 7.34. The molecule has 8 nitrogen and oxygen atoms in total. The van der Waals surface area contributed by atoms with Crippen LogP contribution in [0.1, 0.15) is 22.8 Å². The molecule has 3 rings (SSSR count). The molecule has 0 fully saturated rings. The third-order valence-corrected chi connectivity index (χ3v) is 5.25. The number of ether oxygens (including phenoxy) is 1. The van der Waals surface area contributed by atoms with Crippen molar-refractivity contribution in [1.82, 2.24) is 9.78 Å². The summed E-state index contributed by atoms with van der Waals surface area (Å²) < 4.78 is 18.8. The Bertz CT molecular complexity index is 1040. The van der Waals surface area contributed by atoms with E-state index in [-0.39, 0.29) is 28.8 Å². The highest BCUT2D eigenvalue weighted by atomic mass is 32.2. The minimum Gasteiger partial charge on any atom is -0.462 e. The van der Waals surface area contributed by atoms with Crippen molar-refractivity contribution in [1.29, 1.82) is 0 Å². The lowest BCUT2D eigenvalue weighted by atomic mass is 10.2. The highest BCUT2D eigenvalue weighted by molar-refractivity contribution is 7.84. The molecule has 1 atom stereocenters. The van der Waals surface area contributed by atoms with Gasteiger partial charge in [0.25, 0.3) is 0 Å². The van der Waals surface area contributed by atoms with Crippen LogP contribution in [-0.2, 0) is 21.3 Å². The summed E-state index contributed by atoms with van der Waals surface area (Å²) in [5.41, 5.74) is 7.18. The molecule has 0 saturated carbocycles. The minimum atomic E-state index is -1.72. The van der Waals surface area contributed by atoms with Crippen LogP contribution < -0.4 is 11.1 Å². The molecule has 0 spiro atoms. The van der Waals surface area contributed by atoms with Crippen LogP contribution in [0.25, 0.3) is 0 Å². The third kappa shape index (κ3) is 4.69. The van der Waals surface area contributed by atoms with Crippen molar-refractivity contribution < 1.29 is 18.5 Å². The third-order valence-electron chi connectivity index (χ3n) is 3.94. The van der Waals surface area contributed by atoms with Crippen molar-refractivity contribution in [2.75, 3.05) is 17.7 Å². The molecule has 1 unspecified atom stereocenters. The minimum absolute atomic E-state index is 0.0898. The highest BCUT2D eigenvalue weighted by Gasteiger charge is 2.29. The molecule has 3 aromatic rings. The van der Waals surface area contributed by atoms with Gasteiger partial charge in [-0.05, 0) is 24.6 Å². The molecule has 2 aromatic carbocycles. The van der Waals surface area contributed by atoms with Gasteiger partial charge in [0, 0.05) is 5.69 Å². The van der Waals surface area contributed by atoms with Crippen LogP contribution in [0.3, 0.4) is 0 Å². The number of nitrogens with one attached hydrogen (secondary N) is 1. The molecule has 0 bridgehead atoms. The molecule has 9 heteroatoms. The zero-order valence-corrected chi connectivity index (χ0v) is 16.5. The van der Waals surface area contributed by atoms with E-state index < -0.39 is 22.8 Å². The highest BCUT2D eigenvalue weighted by Crippen LogP contribution is 2.24. The number of aromatic nitrogens is 2. The summed E-state index contributed by atoms with van der Waals surface area (Å²) in [5, 5.41) is 6.62. The van der Waals surface area contributed by atoms with Crippen molar-refractivity contribution in [3.63, 3.8) is 0 Å². The first-order valence-corrected chi connectivity index (χ1v) is 10.2. The number of carbonyl (C=O) groups excluding carboxylic acids is 2. The van der Waals surface area contributed by atoms with Crippen LogP contribution in [0.2, 0.25) is 0 Å². The summed E-state index contributed by atoms with van der Waals surface area (Å²) in [6, 6.07) is 17.1. The van der Waals surface area contributed by atoms with Gasteiger partial charge in [0.1, 0.15) is 11.4 Å². The number of benzene rings is 2. The van der Waals surface area contributed by atoms with E-state index in [2.05, 4.69) is 10.4 Å². The van der Waals surface area contributed by atoms with Crippen LogP contribution in [-0.4, -0.2) is 32.6 Å². The van der Waals surface area contributed by atoms with E-state index in [0.717, 1.165) is 10.2 Å². The molecule has 29 heavy (non-hydrogen) atoms. The van der Waals surface area contributed by atoms with E-state index in [1.807, 2.05) is 36.4 Å². The molecule has 0 radical (unpaired) electrons. The topological polar surface area (TPSA) is 116 Å². The maximum absolute atomic E-state index is 12.9. The van der Waals surface area contributed by atoms with Crippen molar-refractivity contribution in [3.8, 4) is 0 Å². The van der Waals surface area contributed by atoms with Crippen molar-refractivity contribution >= 4 is 34.3 Å². The fourth-order valence-corrected chi connectivity index (χ4v) is 3.83. The summed E-state index contributed by atoms with van der Waals surface area (Å²) in [4.78, 5) is 25.0. The molecule has 1 amide bonds. The molecule has 150 valence electrons. The maximum atomic E-state index is 12.9. The number of hydrogen-bond donors (Lipinski definition) is 2. The fourth-order valence-electron chi connectivity index (χ4n) is 2.61. The molecule has 0 aliphatic carbocycles. The summed E-state index contributed by atoms with van der Waals surface area (Å²) in [6.45, 7) is 1.74. The van der Waals surface area contributed by atoms with Gasteiger partial charge in [-0.3, -0.25) is 4.21 Å². The second-order valence-electron chi connectivity index (χ2n) is 5.97. The number of nitrogens with two attached hydrogens (primary N) is 1. The van der Waals surface area contributed by atoms with E-state index >= 15 is 0 Å². The largest absolute Gasteiger partial charge is 0.462 e. The van der Waals surface area contributed by atoms with Crippen LogP contribution in [0.5, 0.6) is 0 Å². The summed E-state index contributed by atoms with van der Waals surface area (Å²) in [6.07, 6.45) is 0. The number of anilines is 2. The van der Waals surface area contributed by atoms with Gasteiger partial charge in [-0.15, -0.1) is 0 Å². The Morgan fingerprint density at radius 1 is 1.10 bits per heavy atom.